The van der Waals surface area contributed by atoms with E-state index in [1.807, 2.05) is 38.1 Å². The molecule has 0 saturated heterocycles. The van der Waals surface area contributed by atoms with Gasteiger partial charge in [-0.25, -0.2) is 0 Å². The van der Waals surface area contributed by atoms with Crippen LogP contribution in [0.5, 0.6) is 0 Å². The van der Waals surface area contributed by atoms with Gasteiger partial charge in [0.15, 0.2) is 0 Å². The summed E-state index contributed by atoms with van der Waals surface area (Å²) in [5.74, 6) is 0.505. The Bertz CT molecular complexity index is 635. The van der Waals surface area contributed by atoms with E-state index in [9.17, 15) is 4.79 Å². The number of amides is 1. The molecule has 1 aromatic carbocycles. The molecular weight excluding hydrogens is 286 g/mol. The van der Waals surface area contributed by atoms with Crippen LogP contribution in [0.1, 0.15) is 25.3 Å². The van der Waals surface area contributed by atoms with Gasteiger partial charge in [-0.2, -0.15) is 0 Å². The minimum absolute atomic E-state index is 0.0255. The molecule has 21 heavy (non-hydrogen) atoms. The van der Waals surface area contributed by atoms with Gasteiger partial charge >= 0.3 is 0 Å². The fourth-order valence-corrected chi connectivity index (χ4v) is 2.51. The van der Waals surface area contributed by atoms with Crippen molar-refractivity contribution < 1.29 is 9.21 Å². The summed E-state index contributed by atoms with van der Waals surface area (Å²) in [6.45, 7) is 3.87. The highest BCUT2D eigenvalue weighted by Gasteiger charge is 2.26. The fraction of sp³-hybridized carbons (Fsp3) is 0.400. The number of aromatic nitrogens is 2. The Labute approximate surface area is 127 Å². The third kappa shape index (κ3) is 3.64. The zero-order valence-electron chi connectivity index (χ0n) is 12.0. The summed E-state index contributed by atoms with van der Waals surface area (Å²) in [5.41, 5.74) is 2.06. The molecule has 1 aliphatic carbocycles. The average Bonchev–Trinajstić information content (AvgIpc) is 3.16. The van der Waals surface area contributed by atoms with Crippen molar-refractivity contribution in [3.05, 3.63) is 29.8 Å². The number of nitrogens with one attached hydrogen (secondary N) is 1. The Morgan fingerprint density at radius 1 is 1.33 bits per heavy atom. The monoisotopic (exact) mass is 303 g/mol. The summed E-state index contributed by atoms with van der Waals surface area (Å²) in [5, 5.41) is 11.2. The van der Waals surface area contributed by atoms with Gasteiger partial charge in [-0.05, 0) is 38.8 Å². The van der Waals surface area contributed by atoms with E-state index in [1.54, 1.807) is 0 Å². The Morgan fingerprint density at radius 2 is 2.05 bits per heavy atom. The first-order chi connectivity index (χ1) is 10.1. The lowest BCUT2D eigenvalue weighted by Crippen LogP contribution is -2.32. The van der Waals surface area contributed by atoms with Crippen molar-refractivity contribution >= 4 is 17.7 Å². The largest absolute Gasteiger partial charge is 0.411 e. The number of rotatable bonds is 5. The number of nitrogens with zero attached hydrogens (tertiary/aromatic N) is 2. The van der Waals surface area contributed by atoms with Crippen LogP contribution >= 0.6 is 11.8 Å². The predicted molar refractivity (Wildman–Crippen MR) is 81.0 cm³/mol. The highest BCUT2D eigenvalue weighted by molar-refractivity contribution is 8.00. The van der Waals surface area contributed by atoms with Gasteiger partial charge in [0.25, 0.3) is 5.22 Å². The van der Waals surface area contributed by atoms with Crippen LogP contribution in [-0.2, 0) is 4.79 Å². The van der Waals surface area contributed by atoms with E-state index in [0.717, 1.165) is 18.4 Å². The van der Waals surface area contributed by atoms with E-state index in [1.165, 1.54) is 17.3 Å². The molecule has 0 unspecified atom stereocenters. The van der Waals surface area contributed by atoms with Crippen LogP contribution < -0.4 is 5.32 Å². The maximum atomic E-state index is 11.9. The molecule has 0 bridgehead atoms. The molecule has 0 aliphatic heterocycles. The smallest absolute Gasteiger partial charge is 0.277 e. The van der Waals surface area contributed by atoms with Gasteiger partial charge in [0.05, 0.1) is 5.25 Å². The maximum absolute atomic E-state index is 11.9. The molecule has 6 heteroatoms. The molecule has 1 atom stereocenters. The van der Waals surface area contributed by atoms with Gasteiger partial charge in [0.2, 0.25) is 11.8 Å². The van der Waals surface area contributed by atoms with Crippen molar-refractivity contribution in [3.63, 3.8) is 0 Å². The number of carbonyl (C=O) groups excluding carboxylic acids is 1. The van der Waals surface area contributed by atoms with Crippen LogP contribution in [0, 0.1) is 6.92 Å². The summed E-state index contributed by atoms with van der Waals surface area (Å²) < 4.78 is 5.61. The average molecular weight is 303 g/mol. The first-order valence-electron chi connectivity index (χ1n) is 6.99. The minimum Gasteiger partial charge on any atom is -0.411 e. The normalized spacial score (nSPS) is 15.7. The van der Waals surface area contributed by atoms with E-state index < -0.39 is 0 Å². The summed E-state index contributed by atoms with van der Waals surface area (Å²) in [6.07, 6.45) is 2.17. The quantitative estimate of drug-likeness (QED) is 0.860. The van der Waals surface area contributed by atoms with E-state index in [2.05, 4.69) is 15.5 Å². The van der Waals surface area contributed by atoms with Crippen LogP contribution in [0.2, 0.25) is 0 Å². The number of hydrogen-bond acceptors (Lipinski definition) is 5. The molecule has 1 saturated carbocycles. The SMILES string of the molecule is Cc1ccc(-c2nnc(S[C@@H](C)C(=O)NC3CC3)o2)cc1. The molecule has 0 spiro atoms. The predicted octanol–water partition coefficient (Wildman–Crippen LogP) is 2.80. The number of benzene rings is 1. The first kappa shape index (κ1) is 14.1. The second-order valence-electron chi connectivity index (χ2n) is 5.28. The number of thioether (sulfide) groups is 1. The van der Waals surface area contributed by atoms with Crippen molar-refractivity contribution in [2.24, 2.45) is 0 Å². The molecule has 1 aromatic heterocycles. The van der Waals surface area contributed by atoms with Crippen LogP contribution in [0.4, 0.5) is 0 Å². The van der Waals surface area contributed by atoms with Gasteiger partial charge in [-0.1, -0.05) is 29.5 Å². The number of carbonyl (C=O) groups is 1. The Hall–Kier alpha value is -1.82. The zero-order valence-corrected chi connectivity index (χ0v) is 12.8. The van der Waals surface area contributed by atoms with Crippen molar-refractivity contribution in [1.29, 1.82) is 0 Å². The summed E-state index contributed by atoms with van der Waals surface area (Å²) >= 11 is 1.29. The lowest BCUT2D eigenvalue weighted by Gasteiger charge is -2.08. The van der Waals surface area contributed by atoms with E-state index >= 15 is 0 Å². The van der Waals surface area contributed by atoms with Crippen LogP contribution in [-0.4, -0.2) is 27.4 Å². The molecule has 1 aliphatic rings. The molecule has 0 radical (unpaired) electrons. The van der Waals surface area contributed by atoms with Gasteiger partial charge in [0.1, 0.15) is 0 Å². The summed E-state index contributed by atoms with van der Waals surface area (Å²) in [6, 6.07) is 8.25. The number of aryl methyl sites for hydroxylation is 1. The second-order valence-corrected chi connectivity index (χ2v) is 6.57. The van der Waals surface area contributed by atoms with Crippen LogP contribution in [0.15, 0.2) is 33.9 Å². The molecule has 1 heterocycles. The number of hydrogen-bond donors (Lipinski definition) is 1. The Balaban J connectivity index is 1.64. The highest BCUT2D eigenvalue weighted by Crippen LogP contribution is 2.27. The van der Waals surface area contributed by atoms with E-state index in [0.29, 0.717) is 17.2 Å². The lowest BCUT2D eigenvalue weighted by molar-refractivity contribution is -0.120. The van der Waals surface area contributed by atoms with Gasteiger partial charge in [-0.3, -0.25) is 4.79 Å². The summed E-state index contributed by atoms with van der Waals surface area (Å²) in [4.78, 5) is 11.9. The molecular formula is C15H17N3O2S. The molecule has 5 nitrogen and oxygen atoms in total. The topological polar surface area (TPSA) is 68.0 Å². The van der Waals surface area contributed by atoms with Gasteiger partial charge in [0, 0.05) is 11.6 Å². The van der Waals surface area contributed by atoms with Gasteiger partial charge in [-0.15, -0.1) is 10.2 Å². The van der Waals surface area contributed by atoms with E-state index in [-0.39, 0.29) is 11.2 Å². The fourth-order valence-electron chi connectivity index (χ4n) is 1.82. The first-order valence-corrected chi connectivity index (χ1v) is 7.87. The molecule has 1 amide bonds. The molecule has 1 N–H and O–H groups in total. The van der Waals surface area contributed by atoms with Crippen LogP contribution in [0.3, 0.4) is 0 Å². The van der Waals surface area contributed by atoms with Crippen molar-refractivity contribution in [2.75, 3.05) is 0 Å². The molecule has 3 rings (SSSR count). The minimum atomic E-state index is -0.239. The second kappa shape index (κ2) is 5.89. The molecule has 2 aromatic rings. The standard InChI is InChI=1S/C15H17N3O2S/c1-9-3-5-11(6-4-9)14-17-18-15(20-14)21-10(2)13(19)16-12-7-8-12/h3-6,10,12H,7-8H2,1-2H3,(H,16,19)/t10-/m0/s1. The van der Waals surface area contributed by atoms with Crippen molar-refractivity contribution in [2.45, 2.75) is 43.2 Å². The molecule has 1 fully saturated rings. The van der Waals surface area contributed by atoms with Gasteiger partial charge < -0.3 is 9.73 Å². The van der Waals surface area contributed by atoms with Crippen molar-refractivity contribution in [3.8, 4) is 11.5 Å². The summed E-state index contributed by atoms with van der Waals surface area (Å²) in [7, 11) is 0. The van der Waals surface area contributed by atoms with Crippen molar-refractivity contribution in [1.82, 2.24) is 15.5 Å². The maximum Gasteiger partial charge on any atom is 0.277 e. The van der Waals surface area contributed by atoms with E-state index in [4.69, 9.17) is 4.42 Å². The zero-order chi connectivity index (χ0) is 14.8. The lowest BCUT2D eigenvalue weighted by atomic mass is 10.1. The highest BCUT2D eigenvalue weighted by atomic mass is 32.2. The Kier molecular flexibility index (Phi) is 3.96. The molecule has 110 valence electrons. The third-order valence-electron chi connectivity index (χ3n) is 3.28. The Morgan fingerprint density at radius 3 is 2.71 bits per heavy atom. The van der Waals surface area contributed by atoms with Crippen LogP contribution in [0.25, 0.3) is 11.5 Å². The third-order valence-corrected chi connectivity index (χ3v) is 4.21.